The first kappa shape index (κ1) is 13.3. The van der Waals surface area contributed by atoms with Crippen molar-refractivity contribution in [1.82, 2.24) is 10.2 Å². The van der Waals surface area contributed by atoms with E-state index in [1.54, 1.807) is 35.5 Å². The maximum atomic E-state index is 12.3. The van der Waals surface area contributed by atoms with Gasteiger partial charge in [0.1, 0.15) is 6.04 Å². The lowest BCUT2D eigenvalue weighted by Gasteiger charge is -2.23. The molecule has 1 aromatic rings. The highest BCUT2D eigenvalue weighted by Gasteiger charge is 2.34. The molecule has 1 aliphatic heterocycles. The van der Waals surface area contributed by atoms with E-state index >= 15 is 0 Å². The molecule has 99 valence electrons. The zero-order valence-electron chi connectivity index (χ0n) is 10.5. The molecule has 5 heteroatoms. The summed E-state index contributed by atoms with van der Waals surface area (Å²) in [5.41, 5.74) is 0.573. The fourth-order valence-corrected chi connectivity index (χ4v) is 2.27. The van der Waals surface area contributed by atoms with Crippen LogP contribution in [0.1, 0.15) is 23.2 Å². The Balaban J connectivity index is 2.08. The van der Waals surface area contributed by atoms with E-state index in [1.807, 2.05) is 6.07 Å². The fraction of sp³-hybridized carbons (Fsp3) is 0.357. The van der Waals surface area contributed by atoms with Crippen molar-refractivity contribution in [3.63, 3.8) is 0 Å². The first-order valence-corrected chi connectivity index (χ1v) is 6.23. The first-order valence-electron chi connectivity index (χ1n) is 6.23. The zero-order valence-corrected chi connectivity index (χ0v) is 10.5. The van der Waals surface area contributed by atoms with E-state index in [4.69, 9.17) is 0 Å². The molecule has 1 saturated heterocycles. The van der Waals surface area contributed by atoms with Crippen LogP contribution in [0.15, 0.2) is 30.3 Å². The van der Waals surface area contributed by atoms with E-state index in [0.29, 0.717) is 18.5 Å². The molecule has 1 aromatic carbocycles. The minimum Gasteiger partial charge on any atom is -0.347 e. The second-order valence-electron chi connectivity index (χ2n) is 4.38. The van der Waals surface area contributed by atoms with Crippen LogP contribution in [-0.4, -0.2) is 42.1 Å². The van der Waals surface area contributed by atoms with Crippen LogP contribution in [-0.2, 0) is 9.59 Å². The SMILES string of the molecule is O=[C]CNC(=O)C1CCCN1C(=O)c1ccccc1. The molecular weight excluding hydrogens is 244 g/mol. The summed E-state index contributed by atoms with van der Waals surface area (Å²) in [7, 11) is 0. The molecule has 0 spiro atoms. The van der Waals surface area contributed by atoms with Crippen LogP contribution in [0.5, 0.6) is 0 Å². The third-order valence-corrected chi connectivity index (χ3v) is 3.17. The molecule has 2 rings (SSSR count). The molecule has 19 heavy (non-hydrogen) atoms. The molecule has 1 heterocycles. The largest absolute Gasteiger partial charge is 0.347 e. The summed E-state index contributed by atoms with van der Waals surface area (Å²) >= 11 is 0. The van der Waals surface area contributed by atoms with Crippen molar-refractivity contribution in [1.29, 1.82) is 0 Å². The third-order valence-electron chi connectivity index (χ3n) is 3.17. The number of rotatable bonds is 4. The maximum Gasteiger partial charge on any atom is 0.254 e. The van der Waals surface area contributed by atoms with Crippen LogP contribution < -0.4 is 5.32 Å². The maximum absolute atomic E-state index is 12.3. The summed E-state index contributed by atoms with van der Waals surface area (Å²) < 4.78 is 0. The van der Waals surface area contributed by atoms with Crippen molar-refractivity contribution in [2.24, 2.45) is 0 Å². The van der Waals surface area contributed by atoms with E-state index in [1.165, 1.54) is 0 Å². The molecule has 0 saturated carbocycles. The van der Waals surface area contributed by atoms with Crippen molar-refractivity contribution in [3.05, 3.63) is 35.9 Å². The second kappa shape index (κ2) is 6.13. The normalized spacial score (nSPS) is 18.1. The highest BCUT2D eigenvalue weighted by atomic mass is 16.2. The van der Waals surface area contributed by atoms with Gasteiger partial charge in [-0.1, -0.05) is 18.2 Å². The Kier molecular flexibility index (Phi) is 4.28. The topological polar surface area (TPSA) is 66.5 Å². The lowest BCUT2D eigenvalue weighted by Crippen LogP contribution is -2.46. The van der Waals surface area contributed by atoms with Gasteiger partial charge in [-0.3, -0.25) is 14.4 Å². The van der Waals surface area contributed by atoms with Crippen molar-refractivity contribution in [2.75, 3.05) is 13.1 Å². The number of carbonyl (C=O) groups is 2. The van der Waals surface area contributed by atoms with Gasteiger partial charge in [0.15, 0.2) is 0 Å². The fourth-order valence-electron chi connectivity index (χ4n) is 2.27. The molecule has 1 unspecified atom stereocenters. The Hall–Kier alpha value is -2.17. The third kappa shape index (κ3) is 2.99. The number of nitrogens with one attached hydrogen (secondary N) is 1. The predicted molar refractivity (Wildman–Crippen MR) is 69.2 cm³/mol. The summed E-state index contributed by atoms with van der Waals surface area (Å²) in [6.07, 6.45) is 3.03. The molecule has 1 radical (unpaired) electrons. The minimum atomic E-state index is -0.485. The summed E-state index contributed by atoms with van der Waals surface area (Å²) in [4.78, 5) is 35.9. The summed E-state index contributed by atoms with van der Waals surface area (Å²) in [5, 5.41) is 2.45. The number of nitrogens with zero attached hydrogens (tertiary/aromatic N) is 1. The minimum absolute atomic E-state index is 0.136. The number of hydrogen-bond donors (Lipinski definition) is 1. The van der Waals surface area contributed by atoms with Crippen LogP contribution in [0.2, 0.25) is 0 Å². The molecule has 0 aromatic heterocycles. The van der Waals surface area contributed by atoms with Crippen molar-refractivity contribution >= 4 is 18.1 Å². The van der Waals surface area contributed by atoms with Crippen LogP contribution in [0.4, 0.5) is 0 Å². The lowest BCUT2D eigenvalue weighted by molar-refractivity contribution is -0.124. The standard InChI is InChI=1S/C14H15N2O3/c17-10-8-15-13(18)12-7-4-9-16(12)14(19)11-5-2-1-3-6-11/h1-3,5-6,12H,4,7-9H2,(H,15,18). The van der Waals surface area contributed by atoms with Gasteiger partial charge in [0.25, 0.3) is 5.91 Å². The molecule has 0 bridgehead atoms. The number of benzene rings is 1. The van der Waals surface area contributed by atoms with Gasteiger partial charge in [-0.05, 0) is 25.0 Å². The Morgan fingerprint density at radius 3 is 2.74 bits per heavy atom. The van der Waals surface area contributed by atoms with Crippen LogP contribution in [0.25, 0.3) is 0 Å². The molecule has 1 aliphatic rings. The predicted octanol–water partition coefficient (Wildman–Crippen LogP) is 0.517. The number of amides is 2. The van der Waals surface area contributed by atoms with Gasteiger partial charge >= 0.3 is 0 Å². The van der Waals surface area contributed by atoms with E-state index < -0.39 is 6.04 Å². The van der Waals surface area contributed by atoms with E-state index in [0.717, 1.165) is 6.42 Å². The van der Waals surface area contributed by atoms with Crippen molar-refractivity contribution < 1.29 is 14.4 Å². The Morgan fingerprint density at radius 1 is 1.32 bits per heavy atom. The summed E-state index contributed by atoms with van der Waals surface area (Å²) in [5.74, 6) is -0.432. The van der Waals surface area contributed by atoms with Gasteiger partial charge in [0.2, 0.25) is 12.2 Å². The number of carbonyl (C=O) groups excluding carboxylic acids is 3. The highest BCUT2D eigenvalue weighted by Crippen LogP contribution is 2.20. The molecule has 5 nitrogen and oxygen atoms in total. The van der Waals surface area contributed by atoms with Crippen LogP contribution in [0.3, 0.4) is 0 Å². The summed E-state index contributed by atoms with van der Waals surface area (Å²) in [6.45, 7) is 0.430. The van der Waals surface area contributed by atoms with Gasteiger partial charge in [0, 0.05) is 12.1 Å². The molecular formula is C14H15N2O3. The van der Waals surface area contributed by atoms with E-state index in [2.05, 4.69) is 5.32 Å². The highest BCUT2D eigenvalue weighted by molar-refractivity contribution is 5.98. The van der Waals surface area contributed by atoms with Crippen LogP contribution in [0, 0.1) is 0 Å². The zero-order chi connectivity index (χ0) is 13.7. The molecule has 0 aliphatic carbocycles. The van der Waals surface area contributed by atoms with Crippen molar-refractivity contribution in [3.8, 4) is 0 Å². The van der Waals surface area contributed by atoms with Gasteiger partial charge in [-0.25, -0.2) is 0 Å². The van der Waals surface area contributed by atoms with Gasteiger partial charge in [-0.2, -0.15) is 0 Å². The smallest absolute Gasteiger partial charge is 0.254 e. The first-order chi connectivity index (χ1) is 9.24. The van der Waals surface area contributed by atoms with Gasteiger partial charge < -0.3 is 10.2 Å². The monoisotopic (exact) mass is 259 g/mol. The van der Waals surface area contributed by atoms with Crippen molar-refractivity contribution in [2.45, 2.75) is 18.9 Å². The van der Waals surface area contributed by atoms with Gasteiger partial charge in [0.05, 0.1) is 6.54 Å². The average molecular weight is 259 g/mol. The van der Waals surface area contributed by atoms with Gasteiger partial charge in [-0.15, -0.1) is 0 Å². The Bertz CT molecular complexity index is 473. The average Bonchev–Trinajstić information content (AvgIpc) is 2.94. The molecule has 2 amide bonds. The molecule has 1 fully saturated rings. The molecule has 1 atom stereocenters. The van der Waals surface area contributed by atoms with Crippen LogP contribution >= 0.6 is 0 Å². The Morgan fingerprint density at radius 2 is 2.05 bits per heavy atom. The molecule has 1 N–H and O–H groups in total. The van der Waals surface area contributed by atoms with E-state index in [9.17, 15) is 14.4 Å². The quantitative estimate of drug-likeness (QED) is 0.857. The summed E-state index contributed by atoms with van der Waals surface area (Å²) in [6, 6.07) is 8.40. The number of hydrogen-bond acceptors (Lipinski definition) is 3. The second-order valence-corrected chi connectivity index (χ2v) is 4.38. The Labute approximate surface area is 111 Å². The number of likely N-dealkylation sites (tertiary alicyclic amines) is 1. The van der Waals surface area contributed by atoms with E-state index in [-0.39, 0.29) is 18.4 Å². The lowest BCUT2D eigenvalue weighted by atomic mass is 10.1.